The topological polar surface area (TPSA) is 102 Å². The largest absolute Gasteiger partial charge is 0.404 e. The van der Waals surface area contributed by atoms with Crippen LogP contribution in [-0.4, -0.2) is 35.8 Å². The molecule has 2 aromatic heterocycles. The molecule has 0 saturated carbocycles. The van der Waals surface area contributed by atoms with Crippen molar-refractivity contribution in [2.24, 2.45) is 17.4 Å². The minimum atomic E-state index is -0.0876. The molecule has 0 atom stereocenters. The fourth-order valence-electron chi connectivity index (χ4n) is 3.08. The van der Waals surface area contributed by atoms with Crippen molar-refractivity contribution in [3.05, 3.63) is 48.1 Å². The standard InChI is InChI=1S/C20H28N6O/c1-13(2)14(9-21)7-18(22)25-19-6-5-16-17(24-19)8-15(10-23-16)26-11-20(3,12-26)27-4/h5-10,13H,11-12,21-22H2,1-4H3,(H,24,25)/b14-9+,18-7+. The van der Waals surface area contributed by atoms with E-state index in [4.69, 9.17) is 16.2 Å². The Morgan fingerprint density at radius 3 is 2.70 bits per heavy atom. The van der Waals surface area contributed by atoms with Gasteiger partial charge in [-0.2, -0.15) is 0 Å². The van der Waals surface area contributed by atoms with Crippen molar-refractivity contribution >= 4 is 22.5 Å². The van der Waals surface area contributed by atoms with Crippen LogP contribution in [0.3, 0.4) is 0 Å². The van der Waals surface area contributed by atoms with Gasteiger partial charge in [0.1, 0.15) is 11.6 Å². The zero-order valence-electron chi connectivity index (χ0n) is 16.4. The Morgan fingerprint density at radius 1 is 1.33 bits per heavy atom. The van der Waals surface area contributed by atoms with E-state index >= 15 is 0 Å². The van der Waals surface area contributed by atoms with Crippen molar-refractivity contribution in [1.29, 1.82) is 0 Å². The van der Waals surface area contributed by atoms with Gasteiger partial charge in [-0.3, -0.25) is 4.98 Å². The van der Waals surface area contributed by atoms with Gasteiger partial charge in [0.25, 0.3) is 0 Å². The zero-order valence-corrected chi connectivity index (χ0v) is 16.4. The monoisotopic (exact) mass is 368 g/mol. The van der Waals surface area contributed by atoms with Crippen molar-refractivity contribution in [2.45, 2.75) is 26.4 Å². The molecule has 144 valence electrons. The smallest absolute Gasteiger partial charge is 0.132 e. The SMILES string of the molecule is COC1(C)CN(c2cnc3ccc(N/C(N)=C/C(=C\N)C(C)C)nc3c2)C1. The third kappa shape index (κ3) is 4.14. The Kier molecular flexibility index (Phi) is 5.23. The Hall–Kier alpha value is -2.80. The number of nitrogens with two attached hydrogens (primary N) is 2. The number of nitrogens with one attached hydrogen (secondary N) is 1. The van der Waals surface area contributed by atoms with E-state index in [1.54, 1.807) is 13.3 Å². The third-order valence-corrected chi connectivity index (χ3v) is 4.89. The summed E-state index contributed by atoms with van der Waals surface area (Å²) in [5, 5.41) is 3.12. The van der Waals surface area contributed by atoms with Gasteiger partial charge >= 0.3 is 0 Å². The summed E-state index contributed by atoms with van der Waals surface area (Å²) >= 11 is 0. The summed E-state index contributed by atoms with van der Waals surface area (Å²) in [6.45, 7) is 7.92. The van der Waals surface area contributed by atoms with Crippen LogP contribution in [0.5, 0.6) is 0 Å². The Labute approximate surface area is 160 Å². The van der Waals surface area contributed by atoms with E-state index in [2.05, 4.69) is 41.0 Å². The highest BCUT2D eigenvalue weighted by atomic mass is 16.5. The Bertz CT molecular complexity index is 883. The van der Waals surface area contributed by atoms with Crippen molar-refractivity contribution in [3.63, 3.8) is 0 Å². The summed E-state index contributed by atoms with van der Waals surface area (Å²) in [7, 11) is 1.75. The number of rotatable bonds is 6. The summed E-state index contributed by atoms with van der Waals surface area (Å²) in [4.78, 5) is 11.4. The molecule has 3 rings (SSSR count). The average Bonchev–Trinajstić information content (AvgIpc) is 2.62. The van der Waals surface area contributed by atoms with Gasteiger partial charge in [0.15, 0.2) is 0 Å². The Balaban J connectivity index is 1.79. The summed E-state index contributed by atoms with van der Waals surface area (Å²) in [6, 6.07) is 5.84. The van der Waals surface area contributed by atoms with E-state index in [1.807, 2.05) is 30.5 Å². The molecule has 7 nitrogen and oxygen atoms in total. The van der Waals surface area contributed by atoms with Crippen LogP contribution < -0.4 is 21.7 Å². The number of nitrogens with zero attached hydrogens (tertiary/aromatic N) is 3. The molecule has 0 amide bonds. The predicted octanol–water partition coefficient (Wildman–Crippen LogP) is 2.57. The second kappa shape index (κ2) is 7.44. The predicted molar refractivity (Wildman–Crippen MR) is 110 cm³/mol. The van der Waals surface area contributed by atoms with Crippen molar-refractivity contribution < 1.29 is 4.74 Å². The average molecular weight is 368 g/mol. The molecule has 0 radical (unpaired) electrons. The van der Waals surface area contributed by atoms with Crippen LogP contribution in [0.25, 0.3) is 11.0 Å². The van der Waals surface area contributed by atoms with Gasteiger partial charge in [-0.05, 0) is 48.9 Å². The fraction of sp³-hybridized carbons (Fsp3) is 0.400. The molecular formula is C20H28N6O. The second-order valence-corrected chi connectivity index (χ2v) is 7.48. The molecule has 1 aliphatic rings. The second-order valence-electron chi connectivity index (χ2n) is 7.48. The molecule has 5 N–H and O–H groups in total. The normalized spacial score (nSPS) is 17.3. The molecular weight excluding hydrogens is 340 g/mol. The molecule has 2 aromatic rings. The molecule has 0 unspecified atom stereocenters. The van der Waals surface area contributed by atoms with E-state index < -0.39 is 0 Å². The first-order valence-corrected chi connectivity index (χ1v) is 9.06. The minimum absolute atomic E-state index is 0.0876. The van der Waals surface area contributed by atoms with Crippen LogP contribution in [0.15, 0.2) is 48.1 Å². The van der Waals surface area contributed by atoms with E-state index in [-0.39, 0.29) is 5.60 Å². The van der Waals surface area contributed by atoms with Crippen molar-refractivity contribution in [1.82, 2.24) is 9.97 Å². The number of ether oxygens (including phenoxy) is 1. The zero-order chi connectivity index (χ0) is 19.6. The lowest BCUT2D eigenvalue weighted by atomic mass is 9.96. The third-order valence-electron chi connectivity index (χ3n) is 4.89. The van der Waals surface area contributed by atoms with Crippen LogP contribution in [0.4, 0.5) is 11.5 Å². The highest BCUT2D eigenvalue weighted by Gasteiger charge is 2.39. The van der Waals surface area contributed by atoms with E-state index in [0.717, 1.165) is 35.4 Å². The fourth-order valence-corrected chi connectivity index (χ4v) is 3.08. The first-order chi connectivity index (χ1) is 12.8. The number of methoxy groups -OCH3 is 1. The van der Waals surface area contributed by atoms with Gasteiger partial charge in [0, 0.05) is 20.2 Å². The van der Waals surface area contributed by atoms with Crippen LogP contribution in [0, 0.1) is 5.92 Å². The minimum Gasteiger partial charge on any atom is -0.404 e. The number of hydrogen-bond acceptors (Lipinski definition) is 7. The van der Waals surface area contributed by atoms with Gasteiger partial charge in [0.05, 0.1) is 28.5 Å². The van der Waals surface area contributed by atoms with Crippen LogP contribution in [-0.2, 0) is 4.74 Å². The van der Waals surface area contributed by atoms with Gasteiger partial charge < -0.3 is 26.4 Å². The lowest BCUT2D eigenvalue weighted by molar-refractivity contribution is -0.0167. The first kappa shape index (κ1) is 19.0. The van der Waals surface area contributed by atoms with Crippen molar-refractivity contribution in [2.75, 3.05) is 30.4 Å². The van der Waals surface area contributed by atoms with Gasteiger partial charge in [-0.25, -0.2) is 4.98 Å². The van der Waals surface area contributed by atoms with Gasteiger partial charge in [-0.15, -0.1) is 0 Å². The molecule has 3 heterocycles. The molecule has 0 bridgehead atoms. The number of anilines is 2. The number of hydrogen-bond donors (Lipinski definition) is 3. The highest BCUT2D eigenvalue weighted by Crippen LogP contribution is 2.30. The number of pyridine rings is 2. The number of aromatic nitrogens is 2. The lowest BCUT2D eigenvalue weighted by Gasteiger charge is -2.48. The molecule has 1 saturated heterocycles. The molecule has 0 aromatic carbocycles. The van der Waals surface area contributed by atoms with Crippen LogP contribution in [0.1, 0.15) is 20.8 Å². The summed E-state index contributed by atoms with van der Waals surface area (Å²) < 4.78 is 5.51. The summed E-state index contributed by atoms with van der Waals surface area (Å²) in [5.74, 6) is 1.46. The van der Waals surface area contributed by atoms with Crippen LogP contribution in [0.2, 0.25) is 0 Å². The van der Waals surface area contributed by atoms with Gasteiger partial charge in [-0.1, -0.05) is 13.8 Å². The molecule has 1 aliphatic heterocycles. The van der Waals surface area contributed by atoms with Gasteiger partial charge in [0.2, 0.25) is 0 Å². The van der Waals surface area contributed by atoms with E-state index in [9.17, 15) is 0 Å². The lowest BCUT2D eigenvalue weighted by Crippen LogP contribution is -2.61. The van der Waals surface area contributed by atoms with E-state index in [1.165, 1.54) is 0 Å². The summed E-state index contributed by atoms with van der Waals surface area (Å²) in [6.07, 6.45) is 5.28. The van der Waals surface area contributed by atoms with Crippen LogP contribution >= 0.6 is 0 Å². The molecule has 0 spiro atoms. The Morgan fingerprint density at radius 2 is 2.07 bits per heavy atom. The number of allylic oxidation sites excluding steroid dienone is 2. The molecule has 1 fully saturated rings. The first-order valence-electron chi connectivity index (χ1n) is 9.06. The highest BCUT2D eigenvalue weighted by molar-refractivity contribution is 5.80. The molecule has 0 aliphatic carbocycles. The quantitative estimate of drug-likeness (QED) is 0.673. The molecule has 7 heteroatoms. The van der Waals surface area contributed by atoms with Crippen molar-refractivity contribution in [3.8, 4) is 0 Å². The summed E-state index contributed by atoms with van der Waals surface area (Å²) in [5.41, 5.74) is 15.3. The molecule has 27 heavy (non-hydrogen) atoms. The maximum Gasteiger partial charge on any atom is 0.132 e. The maximum absolute atomic E-state index is 6.09. The maximum atomic E-state index is 6.09. The van der Waals surface area contributed by atoms with E-state index in [0.29, 0.717) is 17.6 Å². The number of fused-ring (bicyclic) bond motifs is 1.